The monoisotopic (exact) mass is 80.1 g/mol. The molecule has 0 heteroatoms. The van der Waals surface area contributed by atoms with Crippen LogP contribution in [-0.4, -0.2) is 0 Å². The fourth-order valence-electron chi connectivity index (χ4n) is 0.250. The molecule has 0 aromatic rings. The van der Waals surface area contributed by atoms with Crippen LogP contribution in [0.2, 0.25) is 0 Å². The molecule has 1 rings (SSSR count). The van der Waals surface area contributed by atoms with Crippen LogP contribution in [0.5, 0.6) is 0 Å². The van der Waals surface area contributed by atoms with E-state index in [1.54, 1.807) is 0 Å². The van der Waals surface area contributed by atoms with Crippen molar-refractivity contribution in [2.24, 2.45) is 0 Å². The lowest BCUT2D eigenvalue weighted by Crippen LogP contribution is -1.85. The SMILES string of the molecule is C.C1CCC1.[3HH].[3HH]. The minimum Gasteiger partial charge on any atom is -0.0776 e. The fraction of sp³-hybridized carbons (Fsp3) is 1.00. The van der Waals surface area contributed by atoms with Crippen molar-refractivity contribution in [2.45, 2.75) is 33.1 Å². The largest absolute Gasteiger partial charge is 0.0776 e. The highest BCUT2D eigenvalue weighted by molar-refractivity contribution is 4.50. The van der Waals surface area contributed by atoms with Gasteiger partial charge in [0.15, 0.2) is 0 Å². The van der Waals surface area contributed by atoms with Crippen LogP contribution in [0.15, 0.2) is 0 Å². The first-order chi connectivity index (χ1) is 2.00. The third kappa shape index (κ3) is 1.00. The van der Waals surface area contributed by atoms with Crippen LogP contribution in [0.1, 0.15) is 36.0 Å². The Kier molecular flexibility index (Phi) is 2.25. The Morgan fingerprint density at radius 1 is 0.800 bits per heavy atom. The highest BCUT2D eigenvalue weighted by Crippen LogP contribution is 2.15. The van der Waals surface area contributed by atoms with Gasteiger partial charge >= 0.3 is 0 Å². The summed E-state index contributed by atoms with van der Waals surface area (Å²) in [5.74, 6) is 0. The van der Waals surface area contributed by atoms with Crippen LogP contribution in [0, 0.1) is 0 Å². The van der Waals surface area contributed by atoms with E-state index < -0.39 is 0 Å². The summed E-state index contributed by atoms with van der Waals surface area (Å²) in [7, 11) is 0. The molecule has 0 aromatic heterocycles. The van der Waals surface area contributed by atoms with Gasteiger partial charge in [-0.05, 0) is 0 Å². The maximum absolute atomic E-state index is 1.50. The van der Waals surface area contributed by atoms with Crippen molar-refractivity contribution in [1.82, 2.24) is 0 Å². The summed E-state index contributed by atoms with van der Waals surface area (Å²) in [6, 6.07) is 0. The average molecular weight is 80.2 g/mol. The highest BCUT2D eigenvalue weighted by Gasteiger charge is 1.95. The van der Waals surface area contributed by atoms with Gasteiger partial charge in [0.25, 0.3) is 0 Å². The van der Waals surface area contributed by atoms with Gasteiger partial charge in [0.2, 0.25) is 0 Å². The van der Waals surface area contributed by atoms with Crippen LogP contribution in [0.25, 0.3) is 0 Å². The molecule has 0 amide bonds. The van der Waals surface area contributed by atoms with Gasteiger partial charge in [-0.25, -0.2) is 0 Å². The van der Waals surface area contributed by atoms with Crippen LogP contribution in [-0.2, 0) is 0 Å². The lowest BCUT2D eigenvalue weighted by molar-refractivity contribution is 0.504. The molecule has 0 spiro atoms. The first-order valence-corrected chi connectivity index (χ1v) is 2.00. The zero-order valence-electron chi connectivity index (χ0n) is 2.83. The van der Waals surface area contributed by atoms with Crippen molar-refractivity contribution in [2.75, 3.05) is 0 Å². The van der Waals surface area contributed by atoms with Gasteiger partial charge in [0, 0.05) is 2.85 Å². The summed E-state index contributed by atoms with van der Waals surface area (Å²) in [5.41, 5.74) is 0. The van der Waals surface area contributed by atoms with Crippen molar-refractivity contribution in [3.63, 3.8) is 0 Å². The molecule has 0 unspecified atom stereocenters. The van der Waals surface area contributed by atoms with Crippen molar-refractivity contribution in [1.29, 1.82) is 0 Å². The normalized spacial score (nSPS) is 19.2. The summed E-state index contributed by atoms with van der Waals surface area (Å²) in [6.45, 7) is 0. The summed E-state index contributed by atoms with van der Waals surface area (Å²) >= 11 is 0. The first-order valence-electron chi connectivity index (χ1n) is 2.00. The number of hydrogen-bond donors (Lipinski definition) is 0. The fourth-order valence-corrected chi connectivity index (χ4v) is 0.250. The Labute approximate surface area is 37.2 Å². The molecular formula is C5H16. The van der Waals surface area contributed by atoms with Gasteiger partial charge in [-0.15, -0.1) is 0 Å². The summed E-state index contributed by atoms with van der Waals surface area (Å²) in [4.78, 5) is 0. The smallest absolute Gasteiger partial charge is 0 e. The van der Waals surface area contributed by atoms with Gasteiger partial charge < -0.3 is 0 Å². The van der Waals surface area contributed by atoms with Crippen LogP contribution < -0.4 is 0 Å². The van der Waals surface area contributed by atoms with Crippen molar-refractivity contribution in [3.8, 4) is 0 Å². The second-order valence-corrected chi connectivity index (χ2v) is 1.41. The standard InChI is InChI=1S/C4H8.CH4.2H2/c1-2-4-3-1;;;/h1-4H2;1H4;2*1H/i;;2*1+2. The molecule has 5 heavy (non-hydrogen) atoms. The molecule has 1 fully saturated rings. The molecule has 0 nitrogen and oxygen atoms in total. The lowest BCUT2D eigenvalue weighted by Gasteiger charge is -2.05. The van der Waals surface area contributed by atoms with Gasteiger partial charge in [0.1, 0.15) is 0 Å². The predicted octanol–water partition coefficient (Wildman–Crippen LogP) is 2.69. The molecule has 0 aromatic carbocycles. The van der Waals surface area contributed by atoms with E-state index in [4.69, 9.17) is 0 Å². The second kappa shape index (κ2) is 2.25. The topological polar surface area (TPSA) is 0 Å². The average Bonchev–Trinajstić information content (AvgIpc) is 0.722. The zero-order valence-corrected chi connectivity index (χ0v) is 2.83. The van der Waals surface area contributed by atoms with Crippen LogP contribution >= 0.6 is 0 Å². The molecule has 0 atom stereocenters. The van der Waals surface area contributed by atoms with E-state index in [0.717, 1.165) is 0 Å². The number of rotatable bonds is 0. The van der Waals surface area contributed by atoms with Crippen molar-refractivity contribution >= 4 is 0 Å². The molecule has 1 aliphatic carbocycles. The maximum atomic E-state index is 1.50. The van der Waals surface area contributed by atoms with E-state index in [-0.39, 0.29) is 10.3 Å². The molecule has 0 saturated heterocycles. The van der Waals surface area contributed by atoms with E-state index in [9.17, 15) is 0 Å². The molecule has 0 heterocycles. The third-order valence-electron chi connectivity index (χ3n) is 1.000. The summed E-state index contributed by atoms with van der Waals surface area (Å²) in [5, 5.41) is 0. The molecule has 1 saturated carbocycles. The quantitative estimate of drug-likeness (QED) is 0.419. The zero-order chi connectivity index (χ0) is 2.83. The minimum atomic E-state index is 0. The molecule has 0 N–H and O–H groups in total. The molecule has 1 aliphatic rings. The first kappa shape index (κ1) is 5.00. The Morgan fingerprint density at radius 3 is 1.00 bits per heavy atom. The highest BCUT2D eigenvalue weighted by atomic mass is 14.0. The maximum Gasteiger partial charge on any atom is 0 e. The minimum absolute atomic E-state index is 0. The number of hydrogen-bond acceptors (Lipinski definition) is 0. The van der Waals surface area contributed by atoms with Crippen molar-refractivity contribution in [3.05, 3.63) is 0 Å². The van der Waals surface area contributed by atoms with Gasteiger partial charge in [-0.3, -0.25) is 0 Å². The predicted molar refractivity (Wildman–Crippen MR) is 29.4 cm³/mol. The van der Waals surface area contributed by atoms with E-state index in [1.165, 1.54) is 25.7 Å². The molecule has 0 aliphatic heterocycles. The Bertz CT molecular complexity index is 14.0. The van der Waals surface area contributed by atoms with Gasteiger partial charge in [-0.1, -0.05) is 33.1 Å². The van der Waals surface area contributed by atoms with Gasteiger partial charge in [-0.2, -0.15) is 0 Å². The van der Waals surface area contributed by atoms with E-state index in [2.05, 4.69) is 0 Å². The van der Waals surface area contributed by atoms with Crippen LogP contribution in [0.3, 0.4) is 0 Å². The summed E-state index contributed by atoms with van der Waals surface area (Å²) in [6.07, 6.45) is 6.00. The van der Waals surface area contributed by atoms with E-state index >= 15 is 0 Å². The molecule has 0 bridgehead atoms. The third-order valence-corrected chi connectivity index (χ3v) is 1.000. The summed E-state index contributed by atoms with van der Waals surface area (Å²) < 4.78 is 0. The van der Waals surface area contributed by atoms with Crippen LogP contribution in [0.4, 0.5) is 0 Å². The molecular weight excluding hydrogens is 60.1 g/mol. The Hall–Kier alpha value is 0. The van der Waals surface area contributed by atoms with E-state index in [0.29, 0.717) is 0 Å². The van der Waals surface area contributed by atoms with Crippen molar-refractivity contribution < 1.29 is 2.85 Å². The second-order valence-electron chi connectivity index (χ2n) is 1.41. The van der Waals surface area contributed by atoms with Gasteiger partial charge in [0.05, 0.1) is 0 Å². The molecule has 36 valence electrons. The Morgan fingerprint density at radius 2 is 1.00 bits per heavy atom. The Balaban J connectivity index is -0.0000000533. The lowest BCUT2D eigenvalue weighted by atomic mass is 10.0. The molecule has 0 radical (unpaired) electrons. The van der Waals surface area contributed by atoms with E-state index in [1.807, 2.05) is 0 Å².